The second kappa shape index (κ2) is 7.94. The summed E-state index contributed by atoms with van der Waals surface area (Å²) in [4.78, 5) is 8.15. The topological polar surface area (TPSA) is 56.3 Å². The number of piperidine rings is 1. The maximum Gasteiger partial charge on any atom is 0.220 e. The van der Waals surface area contributed by atoms with E-state index in [-0.39, 0.29) is 0 Å². The quantitative estimate of drug-likeness (QED) is 0.819. The zero-order valence-electron chi connectivity index (χ0n) is 11.6. The van der Waals surface area contributed by atoms with Crippen molar-refractivity contribution < 1.29 is 9.47 Å². The Morgan fingerprint density at radius 1 is 1.21 bits per heavy atom. The molecule has 1 aliphatic heterocycles. The van der Waals surface area contributed by atoms with Crippen molar-refractivity contribution in [2.24, 2.45) is 0 Å². The van der Waals surface area contributed by atoms with Gasteiger partial charge in [0, 0.05) is 6.04 Å². The number of nitrogens with one attached hydrogen (secondary N) is 1. The van der Waals surface area contributed by atoms with Crippen LogP contribution in [0.3, 0.4) is 0 Å². The standard InChI is InChI=1S/C14H23N3O2/c1-2-8-18-13-10-14(17-11-16-13)19-9-6-12-5-3-4-7-15-12/h10-12,15H,2-9H2,1H3. The highest BCUT2D eigenvalue weighted by atomic mass is 16.5. The Kier molecular flexibility index (Phi) is 5.88. The Bertz CT molecular complexity index is 367. The Labute approximate surface area is 114 Å². The molecule has 1 saturated heterocycles. The summed E-state index contributed by atoms with van der Waals surface area (Å²) in [5.74, 6) is 1.18. The van der Waals surface area contributed by atoms with E-state index in [0.717, 1.165) is 19.4 Å². The van der Waals surface area contributed by atoms with Gasteiger partial charge >= 0.3 is 0 Å². The lowest BCUT2D eigenvalue weighted by molar-refractivity contribution is 0.255. The van der Waals surface area contributed by atoms with Gasteiger partial charge in [-0.15, -0.1) is 0 Å². The molecule has 5 heteroatoms. The number of hydrogen-bond donors (Lipinski definition) is 1. The summed E-state index contributed by atoms with van der Waals surface area (Å²) in [7, 11) is 0. The molecule has 2 heterocycles. The van der Waals surface area contributed by atoms with Crippen LogP contribution in [0.2, 0.25) is 0 Å². The average Bonchev–Trinajstić information content (AvgIpc) is 2.47. The summed E-state index contributed by atoms with van der Waals surface area (Å²) in [6, 6.07) is 2.34. The zero-order chi connectivity index (χ0) is 13.3. The molecule has 1 aromatic heterocycles. The number of hydrogen-bond acceptors (Lipinski definition) is 5. The third kappa shape index (κ3) is 5.03. The second-order valence-corrected chi connectivity index (χ2v) is 4.83. The smallest absolute Gasteiger partial charge is 0.220 e. The Morgan fingerprint density at radius 3 is 2.68 bits per heavy atom. The molecule has 1 fully saturated rings. The summed E-state index contributed by atoms with van der Waals surface area (Å²) in [5.41, 5.74) is 0. The molecule has 0 aromatic carbocycles. The molecule has 0 saturated carbocycles. The van der Waals surface area contributed by atoms with Gasteiger partial charge in [0.05, 0.1) is 19.3 Å². The fourth-order valence-corrected chi connectivity index (χ4v) is 2.16. The van der Waals surface area contributed by atoms with E-state index in [0.29, 0.717) is 31.0 Å². The maximum atomic E-state index is 5.66. The van der Waals surface area contributed by atoms with Crippen molar-refractivity contribution in [1.82, 2.24) is 15.3 Å². The highest BCUT2D eigenvalue weighted by Gasteiger charge is 2.12. The predicted molar refractivity (Wildman–Crippen MR) is 73.6 cm³/mol. The molecule has 2 rings (SSSR count). The second-order valence-electron chi connectivity index (χ2n) is 4.83. The van der Waals surface area contributed by atoms with Crippen molar-refractivity contribution in [1.29, 1.82) is 0 Å². The van der Waals surface area contributed by atoms with Gasteiger partial charge in [0.25, 0.3) is 0 Å². The Balaban J connectivity index is 1.72. The van der Waals surface area contributed by atoms with Crippen molar-refractivity contribution in [2.45, 2.75) is 45.1 Å². The molecular formula is C14H23N3O2. The lowest BCUT2D eigenvalue weighted by Gasteiger charge is -2.23. The van der Waals surface area contributed by atoms with E-state index in [1.807, 2.05) is 0 Å². The summed E-state index contributed by atoms with van der Waals surface area (Å²) in [5, 5.41) is 3.51. The van der Waals surface area contributed by atoms with E-state index in [1.54, 1.807) is 6.07 Å². The van der Waals surface area contributed by atoms with Crippen LogP contribution in [0.4, 0.5) is 0 Å². The highest BCUT2D eigenvalue weighted by molar-refractivity contribution is 5.18. The number of aromatic nitrogens is 2. The molecule has 1 aliphatic rings. The summed E-state index contributed by atoms with van der Waals surface area (Å²) in [6.07, 6.45) is 7.33. The van der Waals surface area contributed by atoms with Gasteiger partial charge in [-0.25, -0.2) is 9.97 Å². The van der Waals surface area contributed by atoms with Crippen molar-refractivity contribution in [3.8, 4) is 11.8 Å². The Hall–Kier alpha value is -1.36. The number of ether oxygens (including phenoxy) is 2. The first-order valence-corrected chi connectivity index (χ1v) is 7.19. The van der Waals surface area contributed by atoms with Gasteiger partial charge in [-0.3, -0.25) is 0 Å². The number of rotatable bonds is 7. The summed E-state index contributed by atoms with van der Waals surface area (Å²) in [6.45, 7) is 4.55. The van der Waals surface area contributed by atoms with Gasteiger partial charge in [-0.1, -0.05) is 13.3 Å². The monoisotopic (exact) mass is 265 g/mol. The molecule has 1 atom stereocenters. The molecule has 0 aliphatic carbocycles. The molecule has 0 radical (unpaired) electrons. The molecule has 0 spiro atoms. The Morgan fingerprint density at radius 2 is 2.00 bits per heavy atom. The van der Waals surface area contributed by atoms with Crippen LogP contribution < -0.4 is 14.8 Å². The molecule has 5 nitrogen and oxygen atoms in total. The minimum absolute atomic E-state index is 0.586. The van der Waals surface area contributed by atoms with E-state index in [2.05, 4.69) is 22.2 Å². The normalized spacial score (nSPS) is 19.1. The lowest BCUT2D eigenvalue weighted by atomic mass is 10.0. The predicted octanol–water partition coefficient (Wildman–Crippen LogP) is 2.18. The molecule has 19 heavy (non-hydrogen) atoms. The minimum Gasteiger partial charge on any atom is -0.478 e. The fourth-order valence-electron chi connectivity index (χ4n) is 2.16. The van der Waals surface area contributed by atoms with Gasteiger partial charge in [0.1, 0.15) is 6.33 Å². The molecular weight excluding hydrogens is 242 g/mol. The van der Waals surface area contributed by atoms with Crippen molar-refractivity contribution >= 4 is 0 Å². The van der Waals surface area contributed by atoms with Gasteiger partial charge < -0.3 is 14.8 Å². The van der Waals surface area contributed by atoms with Crippen LogP contribution in [0.5, 0.6) is 11.8 Å². The minimum atomic E-state index is 0.586. The van der Waals surface area contributed by atoms with Crippen molar-refractivity contribution in [3.05, 3.63) is 12.4 Å². The SMILES string of the molecule is CCCOc1cc(OCCC2CCCCN2)ncn1. The van der Waals surface area contributed by atoms with Crippen LogP contribution >= 0.6 is 0 Å². The van der Waals surface area contributed by atoms with Gasteiger partial charge in [0.15, 0.2) is 0 Å². The van der Waals surface area contributed by atoms with E-state index < -0.39 is 0 Å². The van der Waals surface area contributed by atoms with E-state index in [9.17, 15) is 0 Å². The van der Waals surface area contributed by atoms with Gasteiger partial charge in [0.2, 0.25) is 11.8 Å². The molecule has 0 bridgehead atoms. The highest BCUT2D eigenvalue weighted by Crippen LogP contribution is 2.15. The van der Waals surface area contributed by atoms with Gasteiger partial charge in [-0.2, -0.15) is 0 Å². The zero-order valence-corrected chi connectivity index (χ0v) is 11.6. The lowest BCUT2D eigenvalue weighted by Crippen LogP contribution is -2.35. The van der Waals surface area contributed by atoms with Crippen LogP contribution in [0.25, 0.3) is 0 Å². The van der Waals surface area contributed by atoms with Crippen LogP contribution in [-0.2, 0) is 0 Å². The summed E-state index contributed by atoms with van der Waals surface area (Å²) >= 11 is 0. The largest absolute Gasteiger partial charge is 0.478 e. The van der Waals surface area contributed by atoms with E-state index in [1.165, 1.54) is 25.6 Å². The number of nitrogens with zero attached hydrogens (tertiary/aromatic N) is 2. The van der Waals surface area contributed by atoms with Crippen LogP contribution in [0.1, 0.15) is 39.0 Å². The molecule has 1 unspecified atom stereocenters. The first-order valence-electron chi connectivity index (χ1n) is 7.19. The van der Waals surface area contributed by atoms with E-state index in [4.69, 9.17) is 9.47 Å². The third-order valence-corrected chi connectivity index (χ3v) is 3.20. The molecule has 106 valence electrons. The summed E-state index contributed by atoms with van der Waals surface area (Å²) < 4.78 is 11.1. The maximum absolute atomic E-state index is 5.66. The van der Waals surface area contributed by atoms with Crippen molar-refractivity contribution in [3.63, 3.8) is 0 Å². The first-order chi connectivity index (χ1) is 9.38. The molecule has 1 N–H and O–H groups in total. The molecule has 1 aromatic rings. The fraction of sp³-hybridized carbons (Fsp3) is 0.714. The van der Waals surface area contributed by atoms with Crippen LogP contribution in [0, 0.1) is 0 Å². The first kappa shape index (κ1) is 14.1. The van der Waals surface area contributed by atoms with E-state index >= 15 is 0 Å². The van der Waals surface area contributed by atoms with Gasteiger partial charge in [-0.05, 0) is 32.2 Å². The molecule has 0 amide bonds. The van der Waals surface area contributed by atoms with Crippen molar-refractivity contribution in [2.75, 3.05) is 19.8 Å². The third-order valence-electron chi connectivity index (χ3n) is 3.20. The average molecular weight is 265 g/mol. The van der Waals surface area contributed by atoms with Crippen LogP contribution in [-0.4, -0.2) is 35.8 Å². The van der Waals surface area contributed by atoms with Crippen LogP contribution in [0.15, 0.2) is 12.4 Å².